The molecule has 1 aliphatic heterocycles. The molecule has 0 N–H and O–H groups in total. The van der Waals surface area contributed by atoms with Gasteiger partial charge in [-0.1, -0.05) is 6.92 Å². The van der Waals surface area contributed by atoms with Crippen molar-refractivity contribution in [3.63, 3.8) is 0 Å². The summed E-state index contributed by atoms with van der Waals surface area (Å²) in [5.74, 6) is 1.22. The summed E-state index contributed by atoms with van der Waals surface area (Å²) in [4.78, 5) is 19.2. The molecule has 1 aromatic rings. The number of likely N-dealkylation sites (tertiary alicyclic amines) is 1. The molecule has 2 heterocycles. The van der Waals surface area contributed by atoms with Crippen LogP contribution in [-0.2, 0) is 0 Å². The van der Waals surface area contributed by atoms with Gasteiger partial charge in [-0.25, -0.2) is 0 Å². The average molecular weight is 299 g/mol. The molecule has 6 nitrogen and oxygen atoms in total. The summed E-state index contributed by atoms with van der Waals surface area (Å²) in [6.07, 6.45) is 2.50. The van der Waals surface area contributed by atoms with Crippen LogP contribution in [0.25, 0.3) is 0 Å². The van der Waals surface area contributed by atoms with Crippen LogP contribution in [0, 0.1) is 0 Å². The highest BCUT2D eigenvalue weighted by atomic mass is 35.5. The van der Waals surface area contributed by atoms with E-state index in [1.165, 1.54) is 19.4 Å². The molecule has 0 spiro atoms. The number of nitrogens with zero attached hydrogens (tertiary/aromatic N) is 6. The molecule has 0 bridgehead atoms. The fourth-order valence-electron chi connectivity index (χ4n) is 2.62. The number of likely N-dealkylation sites (N-methyl/N-ethyl adjacent to an activating group) is 2. The number of rotatable bonds is 5. The summed E-state index contributed by atoms with van der Waals surface area (Å²) in [6, 6.07) is 0.573. The first-order valence-electron chi connectivity index (χ1n) is 7.05. The van der Waals surface area contributed by atoms with Crippen molar-refractivity contribution in [2.75, 3.05) is 50.6 Å². The minimum Gasteiger partial charge on any atom is -0.347 e. The molecule has 1 atom stereocenters. The van der Waals surface area contributed by atoms with Crippen molar-refractivity contribution in [2.45, 2.75) is 25.8 Å². The van der Waals surface area contributed by atoms with Gasteiger partial charge in [0, 0.05) is 33.7 Å². The zero-order valence-corrected chi connectivity index (χ0v) is 13.4. The van der Waals surface area contributed by atoms with Crippen molar-refractivity contribution in [2.24, 2.45) is 0 Å². The van der Waals surface area contributed by atoms with Gasteiger partial charge in [0.2, 0.25) is 17.2 Å². The van der Waals surface area contributed by atoms with Crippen LogP contribution < -0.4 is 9.80 Å². The first kappa shape index (κ1) is 15.3. The Balaban J connectivity index is 2.10. The van der Waals surface area contributed by atoms with Gasteiger partial charge in [0.15, 0.2) is 0 Å². The maximum atomic E-state index is 5.98. The fourth-order valence-corrected chi connectivity index (χ4v) is 2.77. The lowest BCUT2D eigenvalue weighted by Gasteiger charge is -2.28. The molecule has 7 heteroatoms. The van der Waals surface area contributed by atoms with E-state index in [0.29, 0.717) is 17.9 Å². The molecular formula is C13H23ClN6. The molecule has 1 aliphatic rings. The van der Waals surface area contributed by atoms with E-state index in [1.807, 2.05) is 26.0 Å². The lowest BCUT2D eigenvalue weighted by molar-refractivity contribution is 0.270. The molecular weight excluding hydrogens is 276 g/mol. The number of anilines is 2. The van der Waals surface area contributed by atoms with Crippen molar-refractivity contribution in [3.8, 4) is 0 Å². The van der Waals surface area contributed by atoms with Gasteiger partial charge in [-0.3, -0.25) is 4.90 Å². The first-order chi connectivity index (χ1) is 9.51. The standard InChI is InChI=1S/C13H23ClN6/c1-5-20-8-6-7-10(20)9-19(4)13-16-11(14)15-12(17-13)18(2)3/h10H,5-9H2,1-4H3. The predicted octanol–water partition coefficient (Wildman–Crippen LogP) is 1.51. The SMILES string of the molecule is CCN1CCCC1CN(C)c1nc(Cl)nc(N(C)C)n1. The van der Waals surface area contributed by atoms with E-state index in [1.54, 1.807) is 0 Å². The molecule has 1 aromatic heterocycles. The van der Waals surface area contributed by atoms with Crippen molar-refractivity contribution in [1.82, 2.24) is 19.9 Å². The second-order valence-electron chi connectivity index (χ2n) is 5.40. The predicted molar refractivity (Wildman–Crippen MR) is 82.7 cm³/mol. The zero-order valence-electron chi connectivity index (χ0n) is 12.7. The second-order valence-corrected chi connectivity index (χ2v) is 5.74. The lowest BCUT2D eigenvalue weighted by Crippen LogP contribution is -2.39. The smallest absolute Gasteiger partial charge is 0.231 e. The number of aromatic nitrogens is 3. The quantitative estimate of drug-likeness (QED) is 0.821. The molecule has 0 amide bonds. The van der Waals surface area contributed by atoms with Crippen molar-refractivity contribution >= 4 is 23.5 Å². The summed E-state index contributed by atoms with van der Waals surface area (Å²) < 4.78 is 0. The van der Waals surface area contributed by atoms with Crippen LogP contribution in [0.4, 0.5) is 11.9 Å². The number of hydrogen-bond acceptors (Lipinski definition) is 6. The summed E-state index contributed by atoms with van der Waals surface area (Å²) in [6.45, 7) is 5.42. The van der Waals surface area contributed by atoms with Crippen molar-refractivity contribution in [1.29, 1.82) is 0 Å². The van der Waals surface area contributed by atoms with E-state index in [4.69, 9.17) is 11.6 Å². The summed E-state index contributed by atoms with van der Waals surface area (Å²) in [7, 11) is 5.80. The zero-order chi connectivity index (χ0) is 14.7. The molecule has 1 unspecified atom stereocenters. The Morgan fingerprint density at radius 3 is 2.55 bits per heavy atom. The van der Waals surface area contributed by atoms with Crippen LogP contribution in [0.15, 0.2) is 0 Å². The Hall–Kier alpha value is -1.14. The molecule has 0 aromatic carbocycles. The number of hydrogen-bond donors (Lipinski definition) is 0. The molecule has 0 radical (unpaired) electrons. The van der Waals surface area contributed by atoms with Gasteiger partial charge in [-0.15, -0.1) is 0 Å². The Kier molecular flexibility index (Phi) is 4.99. The first-order valence-corrected chi connectivity index (χ1v) is 7.43. The maximum absolute atomic E-state index is 5.98. The molecule has 1 saturated heterocycles. The second kappa shape index (κ2) is 6.54. The molecule has 0 aliphatic carbocycles. The van der Waals surface area contributed by atoms with E-state index < -0.39 is 0 Å². The largest absolute Gasteiger partial charge is 0.347 e. The van der Waals surface area contributed by atoms with E-state index in [0.717, 1.165) is 13.1 Å². The third-order valence-electron chi connectivity index (χ3n) is 3.72. The van der Waals surface area contributed by atoms with Gasteiger partial charge in [0.05, 0.1) is 0 Å². The van der Waals surface area contributed by atoms with Gasteiger partial charge in [0.1, 0.15) is 0 Å². The van der Waals surface area contributed by atoms with Crippen LogP contribution in [-0.4, -0.2) is 66.7 Å². The minimum absolute atomic E-state index is 0.240. The van der Waals surface area contributed by atoms with Crippen LogP contribution in [0.3, 0.4) is 0 Å². The normalized spacial score (nSPS) is 19.4. The molecule has 20 heavy (non-hydrogen) atoms. The Bertz CT molecular complexity index is 452. The molecule has 1 fully saturated rings. The monoisotopic (exact) mass is 298 g/mol. The van der Waals surface area contributed by atoms with E-state index >= 15 is 0 Å². The van der Waals surface area contributed by atoms with Gasteiger partial charge in [0.25, 0.3) is 0 Å². The Morgan fingerprint density at radius 2 is 1.90 bits per heavy atom. The average Bonchev–Trinajstić information content (AvgIpc) is 2.85. The van der Waals surface area contributed by atoms with Crippen LogP contribution in [0.2, 0.25) is 5.28 Å². The summed E-state index contributed by atoms with van der Waals surface area (Å²) >= 11 is 5.98. The van der Waals surface area contributed by atoms with Crippen LogP contribution >= 0.6 is 11.6 Å². The third-order valence-corrected chi connectivity index (χ3v) is 3.88. The van der Waals surface area contributed by atoms with Crippen LogP contribution in [0.1, 0.15) is 19.8 Å². The topological polar surface area (TPSA) is 48.4 Å². The molecule has 0 saturated carbocycles. The Labute approximate surface area is 125 Å². The third kappa shape index (κ3) is 3.49. The van der Waals surface area contributed by atoms with Crippen molar-refractivity contribution in [3.05, 3.63) is 5.28 Å². The lowest BCUT2D eigenvalue weighted by atomic mass is 10.2. The molecule has 112 valence electrons. The Morgan fingerprint density at radius 1 is 1.20 bits per heavy atom. The molecule has 2 rings (SSSR count). The fraction of sp³-hybridized carbons (Fsp3) is 0.769. The minimum atomic E-state index is 0.240. The van der Waals surface area contributed by atoms with Gasteiger partial charge >= 0.3 is 0 Å². The highest BCUT2D eigenvalue weighted by Gasteiger charge is 2.25. The highest BCUT2D eigenvalue weighted by molar-refractivity contribution is 6.28. The maximum Gasteiger partial charge on any atom is 0.231 e. The van der Waals surface area contributed by atoms with Crippen LogP contribution in [0.5, 0.6) is 0 Å². The summed E-state index contributed by atoms with van der Waals surface area (Å²) in [5.41, 5.74) is 0. The number of halogens is 1. The van der Waals surface area contributed by atoms with Gasteiger partial charge in [-0.05, 0) is 37.5 Å². The summed E-state index contributed by atoms with van der Waals surface area (Å²) in [5, 5.41) is 0.240. The van der Waals surface area contributed by atoms with E-state index in [-0.39, 0.29) is 5.28 Å². The van der Waals surface area contributed by atoms with E-state index in [2.05, 4.69) is 31.7 Å². The van der Waals surface area contributed by atoms with Gasteiger partial charge < -0.3 is 9.80 Å². The van der Waals surface area contributed by atoms with E-state index in [9.17, 15) is 0 Å². The van der Waals surface area contributed by atoms with Crippen molar-refractivity contribution < 1.29 is 0 Å². The van der Waals surface area contributed by atoms with Gasteiger partial charge in [-0.2, -0.15) is 15.0 Å². The highest BCUT2D eigenvalue weighted by Crippen LogP contribution is 2.20.